The smallest absolute Gasteiger partial charge is 0.0882 e. The van der Waals surface area contributed by atoms with Crippen molar-refractivity contribution < 1.29 is 0 Å². The van der Waals surface area contributed by atoms with Crippen LogP contribution in [0.15, 0.2) is 129 Å². The lowest BCUT2D eigenvalue weighted by atomic mass is 9.89. The Morgan fingerprint density at radius 2 is 1.85 bits per heavy atom. The Labute approximate surface area is 219 Å². The van der Waals surface area contributed by atoms with Crippen molar-refractivity contribution in [2.45, 2.75) is 58.4 Å². The number of fused-ring (bicyclic) bond motifs is 1. The number of allylic oxidation sites excluding steroid dienone is 14. The maximum atomic E-state index is 4.08. The van der Waals surface area contributed by atoms with Crippen LogP contribution in [0.1, 0.15) is 52.4 Å². The zero-order valence-corrected chi connectivity index (χ0v) is 22.6. The fourth-order valence-electron chi connectivity index (χ4n) is 5.15. The van der Waals surface area contributed by atoms with Crippen LogP contribution in [0.4, 0.5) is 0 Å². The van der Waals surface area contributed by atoms with E-state index in [4.69, 9.17) is 0 Å². The van der Waals surface area contributed by atoms with Gasteiger partial charge >= 0.3 is 0 Å². The maximum absolute atomic E-state index is 4.08. The molecule has 0 saturated carbocycles. The van der Waals surface area contributed by atoms with Gasteiger partial charge in [0.2, 0.25) is 0 Å². The van der Waals surface area contributed by atoms with Crippen LogP contribution in [-0.2, 0) is 0 Å². The molecule has 0 saturated heterocycles. The Morgan fingerprint density at radius 1 is 1.09 bits per heavy atom. The Balaban J connectivity index is 1.55. The molecule has 0 amide bonds. The third-order valence-electron chi connectivity index (χ3n) is 6.95. The van der Waals surface area contributed by atoms with Crippen LogP contribution in [0.2, 0.25) is 0 Å². The molecule has 0 aromatic heterocycles. The highest BCUT2D eigenvalue weighted by Crippen LogP contribution is 2.45. The van der Waals surface area contributed by atoms with Crippen molar-refractivity contribution in [1.82, 2.24) is 9.80 Å². The van der Waals surface area contributed by atoms with Gasteiger partial charge in [-0.3, -0.25) is 0 Å². The second-order valence-electron chi connectivity index (χ2n) is 8.86. The molecule has 2 nitrogen and oxygen atoms in total. The van der Waals surface area contributed by atoms with Gasteiger partial charge in [-0.1, -0.05) is 68.7 Å². The van der Waals surface area contributed by atoms with E-state index in [1.165, 1.54) is 37.4 Å². The van der Waals surface area contributed by atoms with E-state index in [2.05, 4.69) is 120 Å². The molecule has 34 heavy (non-hydrogen) atoms. The first-order chi connectivity index (χ1) is 16.6. The summed E-state index contributed by atoms with van der Waals surface area (Å²) in [4.78, 5) is 4.82. The summed E-state index contributed by atoms with van der Waals surface area (Å²) in [6, 6.07) is 0.415. The summed E-state index contributed by atoms with van der Waals surface area (Å²) in [6.45, 7) is 12.3. The molecular weight excluding hydrogens is 527 g/mol. The summed E-state index contributed by atoms with van der Waals surface area (Å²) in [7, 11) is 0. The van der Waals surface area contributed by atoms with Crippen molar-refractivity contribution in [3.05, 3.63) is 129 Å². The molecule has 1 heterocycles. The van der Waals surface area contributed by atoms with E-state index in [1.54, 1.807) is 0 Å². The van der Waals surface area contributed by atoms with E-state index in [0.29, 0.717) is 6.04 Å². The van der Waals surface area contributed by atoms with Gasteiger partial charge in [0.1, 0.15) is 0 Å². The van der Waals surface area contributed by atoms with Crippen molar-refractivity contribution in [2.75, 3.05) is 0 Å². The van der Waals surface area contributed by atoms with Crippen molar-refractivity contribution in [1.29, 1.82) is 0 Å². The normalized spacial score (nSPS) is 22.7. The minimum Gasteiger partial charge on any atom is -0.332 e. The predicted octanol–water partition coefficient (Wildman–Crippen LogP) is 8.91. The third kappa shape index (κ3) is 4.81. The SMILES string of the molecule is C=CC1=C(I)N(C2=CC=C(C3=CC=C(N(/C=C/CC)/C(C=C)=C/C)CC3)CC2)C2CC=CC=C12. The summed E-state index contributed by atoms with van der Waals surface area (Å²) in [6.07, 6.45) is 32.9. The molecule has 3 heteroatoms. The van der Waals surface area contributed by atoms with E-state index in [1.807, 2.05) is 12.2 Å². The number of hydrogen-bond donors (Lipinski definition) is 0. The van der Waals surface area contributed by atoms with Crippen LogP contribution in [-0.4, -0.2) is 15.8 Å². The minimum absolute atomic E-state index is 0.415. The zero-order chi connectivity index (χ0) is 24.1. The van der Waals surface area contributed by atoms with E-state index in [-0.39, 0.29) is 0 Å². The molecule has 0 N–H and O–H groups in total. The number of rotatable bonds is 8. The van der Waals surface area contributed by atoms with Gasteiger partial charge in [0.15, 0.2) is 0 Å². The summed E-state index contributed by atoms with van der Waals surface area (Å²) in [5.41, 5.74) is 9.53. The Bertz CT molecular complexity index is 1130. The predicted molar refractivity (Wildman–Crippen MR) is 155 cm³/mol. The topological polar surface area (TPSA) is 6.48 Å². The molecule has 0 bridgehead atoms. The molecule has 4 aliphatic rings. The van der Waals surface area contributed by atoms with Crippen LogP contribution in [0.5, 0.6) is 0 Å². The average Bonchev–Trinajstić information content (AvgIpc) is 3.17. The Kier molecular flexibility index (Phi) is 8.15. The van der Waals surface area contributed by atoms with Gasteiger partial charge < -0.3 is 9.80 Å². The largest absolute Gasteiger partial charge is 0.332 e. The zero-order valence-electron chi connectivity index (χ0n) is 20.4. The highest BCUT2D eigenvalue weighted by atomic mass is 127. The first kappa shape index (κ1) is 24.6. The monoisotopic (exact) mass is 562 g/mol. The lowest BCUT2D eigenvalue weighted by Gasteiger charge is -2.33. The second kappa shape index (κ2) is 11.3. The summed E-state index contributed by atoms with van der Waals surface area (Å²) in [5, 5.41) is 0. The van der Waals surface area contributed by atoms with Crippen molar-refractivity contribution >= 4 is 22.6 Å². The quantitative estimate of drug-likeness (QED) is 0.166. The highest BCUT2D eigenvalue weighted by Gasteiger charge is 2.36. The van der Waals surface area contributed by atoms with Gasteiger partial charge in [0, 0.05) is 28.9 Å². The Hall–Kier alpha value is -2.53. The molecule has 0 radical (unpaired) electrons. The highest BCUT2D eigenvalue weighted by molar-refractivity contribution is 14.1. The molecule has 0 spiro atoms. The number of hydrogen-bond acceptors (Lipinski definition) is 2. The van der Waals surface area contributed by atoms with Crippen LogP contribution >= 0.6 is 22.6 Å². The van der Waals surface area contributed by atoms with Gasteiger partial charge in [-0.25, -0.2) is 0 Å². The summed E-state index contributed by atoms with van der Waals surface area (Å²) < 4.78 is 1.31. The molecule has 4 rings (SSSR count). The molecule has 1 aliphatic heterocycles. The van der Waals surface area contributed by atoms with E-state index in [9.17, 15) is 0 Å². The second-order valence-corrected chi connectivity index (χ2v) is 9.88. The van der Waals surface area contributed by atoms with Crippen LogP contribution in [0, 0.1) is 0 Å². The van der Waals surface area contributed by atoms with E-state index >= 15 is 0 Å². The molecule has 1 atom stereocenters. The van der Waals surface area contributed by atoms with Gasteiger partial charge in [-0.2, -0.15) is 0 Å². The van der Waals surface area contributed by atoms with Crippen molar-refractivity contribution in [3.63, 3.8) is 0 Å². The molecule has 176 valence electrons. The standard InChI is InChI=1S/C31H35IN2/c1-5-9-22-33(25(6-2)7-3)26-18-14-23(15-19-26)24-16-20-27(21-17-24)34-30-13-11-10-12-29(30)28(8-4)31(34)32/h6-12,14,16,18,20,22,30H,2,4-5,13,15,17,19,21H2,1,3H3/b22-9+,25-7+. The molecule has 3 aliphatic carbocycles. The third-order valence-corrected chi connectivity index (χ3v) is 8.05. The van der Waals surface area contributed by atoms with Crippen molar-refractivity contribution in [2.24, 2.45) is 0 Å². The minimum atomic E-state index is 0.415. The number of halogens is 1. The summed E-state index contributed by atoms with van der Waals surface area (Å²) in [5.74, 6) is 0. The first-order valence-corrected chi connectivity index (χ1v) is 13.4. The molecule has 1 unspecified atom stereocenters. The first-order valence-electron chi connectivity index (χ1n) is 12.4. The fourth-order valence-corrected chi connectivity index (χ4v) is 6.33. The molecule has 0 fully saturated rings. The number of nitrogens with zero attached hydrogens (tertiary/aromatic N) is 2. The van der Waals surface area contributed by atoms with Gasteiger partial charge in [-0.05, 0) is 103 Å². The fraction of sp³-hybridized carbons (Fsp3) is 0.290. The summed E-state index contributed by atoms with van der Waals surface area (Å²) >= 11 is 2.50. The van der Waals surface area contributed by atoms with E-state index in [0.717, 1.165) is 44.2 Å². The molecule has 0 aromatic rings. The maximum Gasteiger partial charge on any atom is 0.0882 e. The lowest BCUT2D eigenvalue weighted by Crippen LogP contribution is -2.30. The van der Waals surface area contributed by atoms with E-state index < -0.39 is 0 Å². The van der Waals surface area contributed by atoms with Gasteiger partial charge in [0.25, 0.3) is 0 Å². The van der Waals surface area contributed by atoms with Crippen LogP contribution in [0.25, 0.3) is 0 Å². The average molecular weight is 563 g/mol. The van der Waals surface area contributed by atoms with Crippen LogP contribution < -0.4 is 0 Å². The molecule has 0 aromatic carbocycles. The lowest BCUT2D eigenvalue weighted by molar-refractivity contribution is 0.383. The van der Waals surface area contributed by atoms with Crippen LogP contribution in [0.3, 0.4) is 0 Å². The molecular formula is C31H35IN2. The van der Waals surface area contributed by atoms with Crippen molar-refractivity contribution in [3.8, 4) is 0 Å². The van der Waals surface area contributed by atoms with Gasteiger partial charge in [0.05, 0.1) is 9.75 Å². The van der Waals surface area contributed by atoms with Gasteiger partial charge in [-0.15, -0.1) is 0 Å². The Morgan fingerprint density at radius 3 is 2.44 bits per heavy atom.